The summed E-state index contributed by atoms with van der Waals surface area (Å²) in [4.78, 5) is 13.8. The molecule has 1 amide bonds. The van der Waals surface area contributed by atoms with E-state index in [0.717, 1.165) is 0 Å². The molecule has 0 radical (unpaired) electrons. The van der Waals surface area contributed by atoms with Crippen molar-refractivity contribution in [3.8, 4) is 0 Å². The molecule has 0 atom stereocenters. The van der Waals surface area contributed by atoms with Gasteiger partial charge in [-0.3, -0.25) is 4.79 Å². The second-order valence-corrected chi connectivity index (χ2v) is 4.53. The molecule has 1 aromatic rings. The molecular formula is C11H15N3O4. The molecule has 0 saturated carbocycles. The van der Waals surface area contributed by atoms with Crippen molar-refractivity contribution >= 4 is 5.91 Å². The Bertz CT molecular complexity index is 443. The van der Waals surface area contributed by atoms with Crippen LogP contribution in [0.5, 0.6) is 0 Å². The Hall–Kier alpha value is -1.47. The van der Waals surface area contributed by atoms with Crippen LogP contribution in [0.15, 0.2) is 4.42 Å². The number of ether oxygens (including phenoxy) is 2. The van der Waals surface area contributed by atoms with Gasteiger partial charge in [0.25, 0.3) is 0 Å². The van der Waals surface area contributed by atoms with E-state index in [1.807, 2.05) is 0 Å². The quantitative estimate of drug-likeness (QED) is 0.719. The molecule has 0 aliphatic carbocycles. The van der Waals surface area contributed by atoms with E-state index in [9.17, 15) is 4.79 Å². The lowest BCUT2D eigenvalue weighted by atomic mass is 10.0. The minimum Gasteiger partial charge on any atom is -0.417 e. The summed E-state index contributed by atoms with van der Waals surface area (Å²) in [6.07, 6.45) is 1.37. The molecular weight excluding hydrogens is 238 g/mol. The van der Waals surface area contributed by atoms with Gasteiger partial charge in [0.05, 0.1) is 13.2 Å². The first-order valence-corrected chi connectivity index (χ1v) is 6.06. The maximum atomic E-state index is 12.1. The molecule has 7 heteroatoms. The number of aromatic nitrogens is 2. The van der Waals surface area contributed by atoms with Gasteiger partial charge in [-0.05, 0) is 0 Å². The third-order valence-electron chi connectivity index (χ3n) is 3.33. The number of carbonyl (C=O) groups is 1. The first-order valence-electron chi connectivity index (χ1n) is 6.06. The van der Waals surface area contributed by atoms with Crippen molar-refractivity contribution in [1.29, 1.82) is 0 Å². The maximum absolute atomic E-state index is 12.1. The van der Waals surface area contributed by atoms with Gasteiger partial charge < -0.3 is 18.8 Å². The van der Waals surface area contributed by atoms with Gasteiger partial charge in [-0.2, -0.15) is 0 Å². The number of piperidine rings is 1. The summed E-state index contributed by atoms with van der Waals surface area (Å²) in [5.41, 5.74) is 0. The number of hydrogen-bond donors (Lipinski definition) is 0. The van der Waals surface area contributed by atoms with Crippen molar-refractivity contribution in [2.24, 2.45) is 0 Å². The average Bonchev–Trinajstić information content (AvgIpc) is 3.00. The van der Waals surface area contributed by atoms with Gasteiger partial charge in [0, 0.05) is 32.9 Å². The highest BCUT2D eigenvalue weighted by molar-refractivity contribution is 5.89. The fraction of sp³-hybridized carbons (Fsp3) is 0.727. The van der Waals surface area contributed by atoms with Gasteiger partial charge in [0.2, 0.25) is 5.89 Å². The maximum Gasteiger partial charge on any atom is 0.311 e. The van der Waals surface area contributed by atoms with E-state index in [4.69, 9.17) is 13.9 Å². The zero-order valence-electron chi connectivity index (χ0n) is 10.2. The van der Waals surface area contributed by atoms with E-state index >= 15 is 0 Å². The second kappa shape index (κ2) is 4.33. The summed E-state index contributed by atoms with van der Waals surface area (Å²) in [7, 11) is 0. The molecule has 2 aliphatic heterocycles. The van der Waals surface area contributed by atoms with Crippen molar-refractivity contribution in [3.63, 3.8) is 0 Å². The summed E-state index contributed by atoms with van der Waals surface area (Å²) < 4.78 is 16.4. The predicted molar refractivity (Wildman–Crippen MR) is 58.8 cm³/mol. The molecule has 98 valence electrons. The fourth-order valence-electron chi connectivity index (χ4n) is 2.35. The molecule has 0 bridgehead atoms. The second-order valence-electron chi connectivity index (χ2n) is 4.53. The number of hydrogen-bond acceptors (Lipinski definition) is 6. The van der Waals surface area contributed by atoms with Crippen molar-refractivity contribution in [3.05, 3.63) is 11.8 Å². The number of rotatable bonds is 1. The van der Waals surface area contributed by atoms with Crippen LogP contribution in [0.1, 0.15) is 29.4 Å². The van der Waals surface area contributed by atoms with Crippen LogP contribution in [0.2, 0.25) is 0 Å². The summed E-state index contributed by atoms with van der Waals surface area (Å²) in [5.74, 6) is -0.240. The molecule has 7 nitrogen and oxygen atoms in total. The molecule has 1 spiro atoms. The summed E-state index contributed by atoms with van der Waals surface area (Å²) in [6.45, 7) is 4.10. The number of amides is 1. The zero-order chi connectivity index (χ0) is 12.6. The minimum atomic E-state index is -0.471. The third-order valence-corrected chi connectivity index (χ3v) is 3.33. The van der Waals surface area contributed by atoms with Crippen LogP contribution in [0.4, 0.5) is 0 Å². The van der Waals surface area contributed by atoms with Crippen molar-refractivity contribution in [2.75, 3.05) is 26.3 Å². The molecule has 2 aliphatic rings. The van der Waals surface area contributed by atoms with Crippen molar-refractivity contribution in [2.45, 2.75) is 25.6 Å². The topological polar surface area (TPSA) is 77.7 Å². The number of carbonyl (C=O) groups excluding carboxylic acids is 1. The molecule has 3 heterocycles. The van der Waals surface area contributed by atoms with Gasteiger partial charge >= 0.3 is 11.8 Å². The van der Waals surface area contributed by atoms with Crippen LogP contribution < -0.4 is 0 Å². The molecule has 2 fully saturated rings. The molecule has 0 unspecified atom stereocenters. The smallest absolute Gasteiger partial charge is 0.311 e. The van der Waals surface area contributed by atoms with Gasteiger partial charge in [-0.15, -0.1) is 10.2 Å². The van der Waals surface area contributed by atoms with Crippen molar-refractivity contribution in [1.82, 2.24) is 15.1 Å². The SMILES string of the molecule is Cc1nnc(C(=O)N2CCC3(CC2)OCCO3)o1. The predicted octanol–water partition coefficient (Wildman–Crippen LogP) is 0.357. The van der Waals surface area contributed by atoms with Crippen LogP contribution in [0.25, 0.3) is 0 Å². The summed E-state index contributed by atoms with van der Waals surface area (Å²) in [5, 5.41) is 7.40. The molecule has 18 heavy (non-hydrogen) atoms. The average molecular weight is 253 g/mol. The van der Waals surface area contributed by atoms with Crippen LogP contribution in [-0.2, 0) is 9.47 Å². The first kappa shape index (κ1) is 11.6. The normalized spacial score (nSPS) is 22.6. The number of aryl methyl sites for hydroxylation is 1. The summed E-state index contributed by atoms with van der Waals surface area (Å²) >= 11 is 0. The Balaban J connectivity index is 1.64. The van der Waals surface area contributed by atoms with E-state index in [-0.39, 0.29) is 11.8 Å². The van der Waals surface area contributed by atoms with Gasteiger partial charge in [-0.25, -0.2) is 0 Å². The van der Waals surface area contributed by atoms with Crippen molar-refractivity contribution < 1.29 is 18.7 Å². The monoisotopic (exact) mass is 253 g/mol. The zero-order valence-corrected chi connectivity index (χ0v) is 10.2. The van der Waals surface area contributed by atoms with Gasteiger partial charge in [0.1, 0.15) is 0 Å². The van der Waals surface area contributed by atoms with Crippen LogP contribution in [-0.4, -0.2) is 53.1 Å². The Morgan fingerprint density at radius 1 is 1.22 bits per heavy atom. The van der Waals surface area contributed by atoms with E-state index in [1.165, 1.54) is 0 Å². The fourth-order valence-corrected chi connectivity index (χ4v) is 2.35. The Kier molecular flexibility index (Phi) is 2.79. The third kappa shape index (κ3) is 1.99. The van der Waals surface area contributed by atoms with E-state index in [2.05, 4.69) is 10.2 Å². The standard InChI is InChI=1S/C11H15N3O4/c1-8-12-13-9(18-8)10(15)14-4-2-11(3-5-14)16-6-7-17-11/h2-7H2,1H3. The van der Waals surface area contributed by atoms with Gasteiger partial charge in [-0.1, -0.05) is 0 Å². The van der Waals surface area contributed by atoms with E-state index in [0.29, 0.717) is 45.0 Å². The molecule has 0 N–H and O–H groups in total. The molecule has 2 saturated heterocycles. The lowest BCUT2D eigenvalue weighted by molar-refractivity contribution is -0.181. The molecule has 0 aromatic carbocycles. The van der Waals surface area contributed by atoms with Crippen LogP contribution in [0.3, 0.4) is 0 Å². The van der Waals surface area contributed by atoms with E-state index < -0.39 is 5.79 Å². The minimum absolute atomic E-state index is 0.0525. The highest BCUT2D eigenvalue weighted by atomic mass is 16.7. The molecule has 1 aromatic heterocycles. The highest BCUT2D eigenvalue weighted by Gasteiger charge is 2.41. The largest absolute Gasteiger partial charge is 0.417 e. The number of likely N-dealkylation sites (tertiary alicyclic amines) is 1. The van der Waals surface area contributed by atoms with Crippen LogP contribution in [0, 0.1) is 6.92 Å². The van der Waals surface area contributed by atoms with Crippen LogP contribution >= 0.6 is 0 Å². The Labute approximate surface area is 104 Å². The Morgan fingerprint density at radius 3 is 2.44 bits per heavy atom. The number of nitrogens with zero attached hydrogens (tertiary/aromatic N) is 3. The lowest BCUT2D eigenvalue weighted by Gasteiger charge is -2.36. The highest BCUT2D eigenvalue weighted by Crippen LogP contribution is 2.31. The lowest BCUT2D eigenvalue weighted by Crippen LogP contribution is -2.47. The Morgan fingerprint density at radius 2 is 1.89 bits per heavy atom. The van der Waals surface area contributed by atoms with Gasteiger partial charge in [0.15, 0.2) is 5.79 Å². The summed E-state index contributed by atoms with van der Waals surface area (Å²) in [6, 6.07) is 0. The molecule has 3 rings (SSSR count). The first-order chi connectivity index (χ1) is 8.69. The van der Waals surface area contributed by atoms with E-state index in [1.54, 1.807) is 11.8 Å².